The van der Waals surface area contributed by atoms with Gasteiger partial charge < -0.3 is 10.6 Å². The van der Waals surface area contributed by atoms with Crippen LogP contribution in [0.25, 0.3) is 0 Å². The van der Waals surface area contributed by atoms with Crippen LogP contribution in [0.3, 0.4) is 0 Å². The third kappa shape index (κ3) is 3.70. The summed E-state index contributed by atoms with van der Waals surface area (Å²) >= 11 is 0.736. The molecule has 0 aliphatic carbocycles. The lowest BCUT2D eigenvalue weighted by atomic mass is 10.3. The van der Waals surface area contributed by atoms with Crippen LogP contribution in [0.15, 0.2) is 6.20 Å². The van der Waals surface area contributed by atoms with Gasteiger partial charge in [0, 0.05) is 17.5 Å². The van der Waals surface area contributed by atoms with Gasteiger partial charge in [-0.05, 0) is 6.92 Å². The molecule has 0 saturated carbocycles. The summed E-state index contributed by atoms with van der Waals surface area (Å²) < 4.78 is 10.8. The van der Waals surface area contributed by atoms with Gasteiger partial charge >= 0.3 is 0 Å². The van der Waals surface area contributed by atoms with E-state index >= 15 is 0 Å². The fourth-order valence-corrected chi connectivity index (χ4v) is 2.30. The number of hydrogen-bond acceptors (Lipinski definition) is 5. The predicted octanol–water partition coefficient (Wildman–Crippen LogP) is 0.869. The number of aromatic nitrogens is 2. The van der Waals surface area contributed by atoms with Crippen LogP contribution in [0.2, 0.25) is 0 Å². The molecular weight excluding hydrogens is 220 g/mol. The normalized spacial score (nSPS) is 15.0. The summed E-state index contributed by atoms with van der Waals surface area (Å²) in [5, 5.41) is 0. The summed E-state index contributed by atoms with van der Waals surface area (Å²) in [6, 6.07) is 0. The molecule has 0 aliphatic heterocycles. The molecule has 0 aromatic carbocycles. The predicted molar refractivity (Wildman–Crippen MR) is 58.1 cm³/mol. The molecule has 14 heavy (non-hydrogen) atoms. The van der Waals surface area contributed by atoms with Gasteiger partial charge in [0.15, 0.2) is 6.45 Å². The van der Waals surface area contributed by atoms with Crippen molar-refractivity contribution in [2.24, 2.45) is 0 Å². The molecule has 5 nitrogen and oxygen atoms in total. The summed E-state index contributed by atoms with van der Waals surface area (Å²) in [6.07, 6.45) is -2.03. The molecule has 0 aliphatic rings. The standard InChI is InChI=1S/C6H9BN3O2PS/c1-4-9-2-5(6(8)10-4)3-14-13(7,11)12/h2H,3H2,1H3,(H,11,12)(H2,8,9,10). The van der Waals surface area contributed by atoms with Crippen molar-refractivity contribution in [1.82, 2.24) is 9.97 Å². The van der Waals surface area contributed by atoms with Crippen LogP contribution >= 0.6 is 17.8 Å². The van der Waals surface area contributed by atoms with Gasteiger partial charge in [-0.1, -0.05) is 11.4 Å². The highest BCUT2D eigenvalue weighted by Crippen LogP contribution is 2.51. The molecule has 0 bridgehead atoms. The number of hydrogen-bond donors (Lipinski definition) is 2. The van der Waals surface area contributed by atoms with E-state index in [1.807, 2.05) is 0 Å². The molecule has 8 heteroatoms. The van der Waals surface area contributed by atoms with Crippen molar-refractivity contribution in [2.45, 2.75) is 12.7 Å². The van der Waals surface area contributed by atoms with E-state index in [-0.39, 0.29) is 5.75 Å². The average molecular weight is 229 g/mol. The third-order valence-corrected chi connectivity index (χ3v) is 3.73. The van der Waals surface area contributed by atoms with E-state index in [2.05, 4.69) is 9.97 Å². The molecule has 1 aromatic rings. The summed E-state index contributed by atoms with van der Waals surface area (Å²) in [7, 11) is 4.96. The summed E-state index contributed by atoms with van der Waals surface area (Å²) in [4.78, 5) is 16.7. The molecule has 1 unspecified atom stereocenters. The maximum Gasteiger partial charge on any atom is 0.217 e. The zero-order valence-corrected chi connectivity index (χ0v) is 9.26. The van der Waals surface area contributed by atoms with Gasteiger partial charge in [0.1, 0.15) is 11.6 Å². The first-order chi connectivity index (χ1) is 6.38. The smallest absolute Gasteiger partial charge is 0.217 e. The molecule has 0 fully saturated rings. The van der Waals surface area contributed by atoms with E-state index in [0.29, 0.717) is 17.2 Å². The van der Waals surface area contributed by atoms with Gasteiger partial charge in [-0.2, -0.15) is 0 Å². The number of anilines is 1. The van der Waals surface area contributed by atoms with Crippen molar-refractivity contribution in [3.8, 4) is 0 Å². The molecule has 2 radical (unpaired) electrons. The van der Waals surface area contributed by atoms with Crippen LogP contribution in [-0.4, -0.2) is 22.4 Å². The summed E-state index contributed by atoms with van der Waals surface area (Å²) in [6.45, 7) is 1.72. The Morgan fingerprint density at radius 1 is 1.79 bits per heavy atom. The van der Waals surface area contributed by atoms with E-state index in [9.17, 15) is 4.57 Å². The Morgan fingerprint density at radius 2 is 2.43 bits per heavy atom. The van der Waals surface area contributed by atoms with E-state index in [1.54, 1.807) is 6.92 Å². The number of aryl methyl sites for hydroxylation is 1. The SMILES string of the molecule is [B]P(=O)(O)SCc1cnc(C)nc1N. The van der Waals surface area contributed by atoms with Gasteiger partial charge in [0.2, 0.25) is 7.57 Å². The summed E-state index contributed by atoms with van der Waals surface area (Å²) in [5.74, 6) is 1.12. The topological polar surface area (TPSA) is 89.1 Å². The molecule has 3 N–H and O–H groups in total. The van der Waals surface area contributed by atoms with Crippen LogP contribution in [-0.2, 0) is 10.3 Å². The molecule has 0 saturated heterocycles. The first-order valence-corrected chi connectivity index (χ1v) is 7.04. The molecule has 0 spiro atoms. The van der Waals surface area contributed by atoms with E-state index in [4.69, 9.17) is 18.2 Å². The molecule has 1 atom stereocenters. The Kier molecular flexibility index (Phi) is 3.58. The molecule has 74 valence electrons. The second-order valence-corrected chi connectivity index (χ2v) is 6.68. The first-order valence-electron chi connectivity index (χ1n) is 3.72. The minimum absolute atomic E-state index is 0.233. The molecule has 1 aromatic heterocycles. The van der Waals surface area contributed by atoms with Gasteiger partial charge in [-0.25, -0.2) is 9.97 Å². The highest BCUT2D eigenvalue weighted by atomic mass is 32.7. The minimum Gasteiger partial charge on any atom is -0.383 e. The number of nitrogens with two attached hydrogens (primary N) is 1. The Labute approximate surface area is 87.1 Å². The third-order valence-electron chi connectivity index (χ3n) is 1.42. The van der Waals surface area contributed by atoms with E-state index < -0.39 is 6.45 Å². The molecule has 1 heterocycles. The Morgan fingerprint density at radius 3 is 2.93 bits per heavy atom. The van der Waals surface area contributed by atoms with E-state index in [0.717, 1.165) is 11.4 Å². The quantitative estimate of drug-likeness (QED) is 0.590. The number of nitrogens with zero attached hydrogens (tertiary/aromatic N) is 2. The highest BCUT2D eigenvalue weighted by molar-refractivity contribution is 8.62. The van der Waals surface area contributed by atoms with Gasteiger partial charge in [-0.15, -0.1) is 0 Å². The van der Waals surface area contributed by atoms with Crippen LogP contribution in [0.5, 0.6) is 0 Å². The van der Waals surface area contributed by atoms with Crippen molar-refractivity contribution in [3.05, 3.63) is 17.6 Å². The molecule has 1 rings (SSSR count). The molecular formula is C6H9BN3O2PS. The average Bonchev–Trinajstić information content (AvgIpc) is 2.00. The zero-order valence-electron chi connectivity index (χ0n) is 7.54. The maximum atomic E-state index is 10.8. The van der Waals surface area contributed by atoms with Gasteiger partial charge in [0.25, 0.3) is 0 Å². The van der Waals surface area contributed by atoms with E-state index in [1.165, 1.54) is 6.20 Å². The van der Waals surface area contributed by atoms with Gasteiger partial charge in [0.05, 0.1) is 0 Å². The maximum absolute atomic E-state index is 10.8. The van der Waals surface area contributed by atoms with Crippen molar-refractivity contribution >= 4 is 31.2 Å². The Balaban J connectivity index is 2.73. The van der Waals surface area contributed by atoms with Crippen molar-refractivity contribution in [1.29, 1.82) is 0 Å². The molecule has 0 amide bonds. The van der Waals surface area contributed by atoms with Crippen LogP contribution in [0.4, 0.5) is 5.82 Å². The second kappa shape index (κ2) is 4.34. The fourth-order valence-electron chi connectivity index (χ4n) is 0.786. The fraction of sp³-hybridized carbons (Fsp3) is 0.333. The van der Waals surface area contributed by atoms with Crippen LogP contribution in [0.1, 0.15) is 11.4 Å². The second-order valence-electron chi connectivity index (χ2n) is 2.67. The highest BCUT2D eigenvalue weighted by Gasteiger charge is 2.11. The summed E-state index contributed by atoms with van der Waals surface area (Å²) in [5.41, 5.74) is 6.19. The lowest BCUT2D eigenvalue weighted by Crippen LogP contribution is -2.00. The van der Waals surface area contributed by atoms with Crippen molar-refractivity contribution in [3.63, 3.8) is 0 Å². The largest absolute Gasteiger partial charge is 0.383 e. The van der Waals surface area contributed by atoms with Crippen LogP contribution in [0, 0.1) is 6.92 Å². The number of nitrogen functional groups attached to an aromatic ring is 1. The zero-order chi connectivity index (χ0) is 10.8. The number of rotatable bonds is 3. The minimum atomic E-state index is -3.56. The van der Waals surface area contributed by atoms with Crippen LogP contribution < -0.4 is 5.73 Å². The lowest BCUT2D eigenvalue weighted by Gasteiger charge is -2.06. The van der Waals surface area contributed by atoms with Gasteiger partial charge in [-0.3, -0.25) is 4.57 Å². The van der Waals surface area contributed by atoms with Crippen molar-refractivity contribution in [2.75, 3.05) is 5.73 Å². The monoisotopic (exact) mass is 229 g/mol. The first kappa shape index (κ1) is 11.6. The Hall–Kier alpha value is -0.515. The lowest BCUT2D eigenvalue weighted by molar-refractivity contribution is 0.513. The van der Waals surface area contributed by atoms with Crippen molar-refractivity contribution < 1.29 is 9.46 Å². The Bertz CT molecular complexity index is 383.